The first-order chi connectivity index (χ1) is 7.88. The molecular formula is C13H14N2S. The van der Waals surface area contributed by atoms with Crippen molar-refractivity contribution in [2.75, 3.05) is 0 Å². The van der Waals surface area contributed by atoms with E-state index >= 15 is 0 Å². The minimum Gasteiger partial charge on any atom is -0.264 e. The van der Waals surface area contributed by atoms with Gasteiger partial charge in [-0.1, -0.05) is 6.92 Å². The Morgan fingerprint density at radius 1 is 1.44 bits per heavy atom. The molecule has 2 aromatic rings. The van der Waals surface area contributed by atoms with Gasteiger partial charge in [-0.25, -0.2) is 4.98 Å². The van der Waals surface area contributed by atoms with Crippen molar-refractivity contribution >= 4 is 11.3 Å². The van der Waals surface area contributed by atoms with E-state index < -0.39 is 0 Å². The molecule has 0 unspecified atom stereocenters. The highest BCUT2D eigenvalue weighted by Crippen LogP contribution is 2.41. The zero-order valence-corrected chi connectivity index (χ0v) is 10.1. The van der Waals surface area contributed by atoms with E-state index in [4.69, 9.17) is 4.98 Å². The Bertz CT molecular complexity index is 500. The fraction of sp³-hybridized carbons (Fsp3) is 0.385. The van der Waals surface area contributed by atoms with Crippen LogP contribution >= 0.6 is 11.3 Å². The predicted molar refractivity (Wildman–Crippen MR) is 66.7 cm³/mol. The highest BCUT2D eigenvalue weighted by Gasteiger charge is 2.26. The second-order valence-electron chi connectivity index (χ2n) is 4.24. The molecule has 0 spiro atoms. The van der Waals surface area contributed by atoms with Gasteiger partial charge in [0.05, 0.1) is 5.69 Å². The molecule has 1 aliphatic carbocycles. The fourth-order valence-corrected chi connectivity index (χ4v) is 2.86. The summed E-state index contributed by atoms with van der Waals surface area (Å²) < 4.78 is 0. The monoisotopic (exact) mass is 230 g/mol. The lowest BCUT2D eigenvalue weighted by molar-refractivity contribution is 1.05. The highest BCUT2D eigenvalue weighted by atomic mass is 32.1. The van der Waals surface area contributed by atoms with E-state index in [0.29, 0.717) is 0 Å². The summed E-state index contributed by atoms with van der Waals surface area (Å²) in [6.45, 7) is 2.16. The van der Waals surface area contributed by atoms with Crippen molar-refractivity contribution in [1.29, 1.82) is 0 Å². The average molecular weight is 230 g/mol. The summed E-state index contributed by atoms with van der Waals surface area (Å²) in [7, 11) is 0. The third kappa shape index (κ3) is 1.76. The molecule has 0 aliphatic heterocycles. The SMILES string of the molecule is CCc1cnccc1-c1nc(C2CC2)cs1. The zero-order chi connectivity index (χ0) is 11.0. The predicted octanol–water partition coefficient (Wildman–Crippen LogP) is 3.64. The van der Waals surface area contributed by atoms with Crippen LogP contribution in [0.3, 0.4) is 0 Å². The van der Waals surface area contributed by atoms with Crippen LogP contribution in [0.25, 0.3) is 10.6 Å². The van der Waals surface area contributed by atoms with Crippen LogP contribution in [0, 0.1) is 0 Å². The Hall–Kier alpha value is -1.22. The summed E-state index contributed by atoms with van der Waals surface area (Å²) in [6.07, 6.45) is 7.46. The topological polar surface area (TPSA) is 25.8 Å². The maximum Gasteiger partial charge on any atom is 0.124 e. The number of thiazole rings is 1. The van der Waals surface area contributed by atoms with Crippen molar-refractivity contribution in [1.82, 2.24) is 9.97 Å². The molecule has 1 aliphatic rings. The maximum absolute atomic E-state index is 4.74. The van der Waals surface area contributed by atoms with Crippen molar-refractivity contribution in [3.05, 3.63) is 35.1 Å². The van der Waals surface area contributed by atoms with Gasteiger partial charge in [-0.3, -0.25) is 4.98 Å². The number of pyridine rings is 1. The maximum atomic E-state index is 4.74. The molecule has 0 saturated heterocycles. The molecule has 2 heterocycles. The molecule has 1 saturated carbocycles. The number of aryl methyl sites for hydroxylation is 1. The largest absolute Gasteiger partial charge is 0.264 e. The molecule has 0 amide bonds. The molecular weight excluding hydrogens is 216 g/mol. The number of nitrogens with zero attached hydrogens (tertiary/aromatic N) is 2. The molecule has 82 valence electrons. The van der Waals surface area contributed by atoms with Gasteiger partial charge in [0, 0.05) is 29.3 Å². The quantitative estimate of drug-likeness (QED) is 0.804. The fourth-order valence-electron chi connectivity index (χ4n) is 1.89. The second kappa shape index (κ2) is 3.98. The first-order valence-electron chi connectivity index (χ1n) is 5.77. The minimum absolute atomic E-state index is 0.747. The van der Waals surface area contributed by atoms with Crippen LogP contribution in [-0.2, 0) is 6.42 Å². The van der Waals surface area contributed by atoms with E-state index in [-0.39, 0.29) is 0 Å². The molecule has 2 nitrogen and oxygen atoms in total. The van der Waals surface area contributed by atoms with Gasteiger partial charge in [-0.15, -0.1) is 11.3 Å². The van der Waals surface area contributed by atoms with E-state index in [9.17, 15) is 0 Å². The lowest BCUT2D eigenvalue weighted by Gasteiger charge is -2.02. The van der Waals surface area contributed by atoms with Crippen LogP contribution in [0.15, 0.2) is 23.8 Å². The Kier molecular flexibility index (Phi) is 2.48. The smallest absolute Gasteiger partial charge is 0.124 e. The van der Waals surface area contributed by atoms with Crippen LogP contribution in [-0.4, -0.2) is 9.97 Å². The first-order valence-corrected chi connectivity index (χ1v) is 6.65. The van der Waals surface area contributed by atoms with Gasteiger partial charge >= 0.3 is 0 Å². The zero-order valence-electron chi connectivity index (χ0n) is 9.31. The lowest BCUT2D eigenvalue weighted by Crippen LogP contribution is -1.89. The Morgan fingerprint density at radius 2 is 2.31 bits per heavy atom. The van der Waals surface area contributed by atoms with Crippen LogP contribution < -0.4 is 0 Å². The molecule has 0 bridgehead atoms. The molecule has 3 rings (SSSR count). The third-order valence-electron chi connectivity index (χ3n) is 3.03. The lowest BCUT2D eigenvalue weighted by atomic mass is 10.1. The summed E-state index contributed by atoms with van der Waals surface area (Å²) in [4.78, 5) is 8.91. The average Bonchev–Trinajstić information content (AvgIpc) is 3.07. The summed E-state index contributed by atoms with van der Waals surface area (Å²) >= 11 is 1.76. The van der Waals surface area contributed by atoms with Crippen LogP contribution in [0.4, 0.5) is 0 Å². The van der Waals surface area contributed by atoms with E-state index in [2.05, 4.69) is 23.4 Å². The first kappa shape index (κ1) is 9.97. The van der Waals surface area contributed by atoms with Gasteiger partial charge in [0.2, 0.25) is 0 Å². The normalized spacial score (nSPS) is 15.3. The summed E-state index contributed by atoms with van der Waals surface area (Å²) in [5.41, 5.74) is 3.84. The Labute approximate surface area is 99.4 Å². The van der Waals surface area contributed by atoms with Crippen molar-refractivity contribution < 1.29 is 0 Å². The van der Waals surface area contributed by atoms with Gasteiger partial charge in [0.1, 0.15) is 5.01 Å². The van der Waals surface area contributed by atoms with Crippen molar-refractivity contribution in [2.45, 2.75) is 32.1 Å². The molecule has 0 N–H and O–H groups in total. The van der Waals surface area contributed by atoms with E-state index in [1.165, 1.54) is 29.7 Å². The van der Waals surface area contributed by atoms with Crippen molar-refractivity contribution in [3.63, 3.8) is 0 Å². The van der Waals surface area contributed by atoms with Crippen LogP contribution in [0.2, 0.25) is 0 Å². The highest BCUT2D eigenvalue weighted by molar-refractivity contribution is 7.13. The third-order valence-corrected chi connectivity index (χ3v) is 3.93. The molecule has 2 aromatic heterocycles. The van der Waals surface area contributed by atoms with Gasteiger partial charge in [0.15, 0.2) is 0 Å². The molecule has 0 radical (unpaired) electrons. The second-order valence-corrected chi connectivity index (χ2v) is 5.10. The number of aromatic nitrogens is 2. The van der Waals surface area contributed by atoms with Gasteiger partial charge in [0.25, 0.3) is 0 Å². The van der Waals surface area contributed by atoms with Crippen LogP contribution in [0.5, 0.6) is 0 Å². The van der Waals surface area contributed by atoms with E-state index in [1.54, 1.807) is 11.3 Å². The van der Waals surface area contributed by atoms with Gasteiger partial charge in [-0.2, -0.15) is 0 Å². The van der Waals surface area contributed by atoms with Gasteiger partial charge in [-0.05, 0) is 30.9 Å². The molecule has 1 fully saturated rings. The molecule has 0 atom stereocenters. The van der Waals surface area contributed by atoms with Crippen molar-refractivity contribution in [3.8, 4) is 10.6 Å². The summed E-state index contributed by atoms with van der Waals surface area (Å²) in [6, 6.07) is 2.08. The minimum atomic E-state index is 0.747. The number of hydrogen-bond donors (Lipinski definition) is 0. The Morgan fingerprint density at radius 3 is 3.06 bits per heavy atom. The number of hydrogen-bond acceptors (Lipinski definition) is 3. The van der Waals surface area contributed by atoms with E-state index in [1.807, 2.05) is 12.4 Å². The summed E-state index contributed by atoms with van der Waals surface area (Å²) in [5, 5.41) is 3.37. The van der Waals surface area contributed by atoms with Crippen molar-refractivity contribution in [2.24, 2.45) is 0 Å². The Balaban J connectivity index is 2.00. The molecule has 3 heteroatoms. The molecule has 0 aromatic carbocycles. The van der Waals surface area contributed by atoms with E-state index in [0.717, 1.165) is 17.3 Å². The molecule has 16 heavy (non-hydrogen) atoms. The number of rotatable bonds is 3. The standard InChI is InChI=1S/C13H14N2S/c1-2-9-7-14-6-5-11(9)13-15-12(8-16-13)10-3-4-10/h5-8,10H,2-4H2,1H3. The van der Waals surface area contributed by atoms with Crippen LogP contribution in [0.1, 0.15) is 36.9 Å². The van der Waals surface area contributed by atoms with Gasteiger partial charge < -0.3 is 0 Å². The summed E-state index contributed by atoms with van der Waals surface area (Å²) in [5.74, 6) is 0.747.